The molecule has 178 valence electrons. The summed E-state index contributed by atoms with van der Waals surface area (Å²) >= 11 is 0. The Morgan fingerprint density at radius 3 is 1.88 bits per heavy atom. The third-order valence-corrected chi connectivity index (χ3v) is 9.06. The average Bonchev–Trinajstić information content (AvgIpc) is 3.55. The predicted octanol–water partition coefficient (Wildman–Crippen LogP) is 2.25. The minimum atomic E-state index is -4.15. The maximum absolute atomic E-state index is 13.3. The van der Waals surface area contributed by atoms with E-state index in [1.54, 1.807) is 0 Å². The summed E-state index contributed by atoms with van der Waals surface area (Å²) in [6.45, 7) is 2.18. The Kier molecular flexibility index (Phi) is 6.83. The largest absolute Gasteiger partial charge is 0.273 e. The van der Waals surface area contributed by atoms with Crippen LogP contribution in [-0.4, -0.2) is 50.1 Å². The number of nitrogens with zero attached hydrogens (tertiary/aromatic N) is 3. The zero-order valence-electron chi connectivity index (χ0n) is 17.8. The molecule has 12 nitrogen and oxygen atoms in total. The lowest BCUT2D eigenvalue weighted by molar-refractivity contribution is -0.385. The molecule has 0 bridgehead atoms. The van der Waals surface area contributed by atoms with E-state index >= 15 is 0 Å². The second-order valence-electron chi connectivity index (χ2n) is 7.56. The summed E-state index contributed by atoms with van der Waals surface area (Å²) in [6.07, 6.45) is 1.17. The maximum Gasteiger partial charge on any atom is 0.273 e. The molecular formula is C19H22N4O8S2. The van der Waals surface area contributed by atoms with Gasteiger partial charge in [-0.3, -0.25) is 20.2 Å². The maximum atomic E-state index is 13.3. The molecule has 0 aromatic heterocycles. The van der Waals surface area contributed by atoms with Crippen molar-refractivity contribution in [3.8, 4) is 0 Å². The molecule has 0 unspecified atom stereocenters. The fourth-order valence-corrected chi connectivity index (χ4v) is 6.74. The van der Waals surface area contributed by atoms with E-state index in [2.05, 4.69) is 4.72 Å². The lowest BCUT2D eigenvalue weighted by Gasteiger charge is -2.23. The van der Waals surface area contributed by atoms with Crippen molar-refractivity contribution in [3.63, 3.8) is 0 Å². The number of nitrogens with one attached hydrogen (secondary N) is 1. The minimum absolute atomic E-state index is 0.000880. The Morgan fingerprint density at radius 1 is 0.909 bits per heavy atom. The predicted molar refractivity (Wildman–Crippen MR) is 118 cm³/mol. The van der Waals surface area contributed by atoms with Gasteiger partial charge in [-0.25, -0.2) is 21.6 Å². The molecule has 3 rings (SSSR count). The van der Waals surface area contributed by atoms with Crippen molar-refractivity contribution >= 4 is 31.4 Å². The molecule has 0 saturated heterocycles. The molecule has 0 aliphatic heterocycles. The molecular weight excluding hydrogens is 476 g/mol. The van der Waals surface area contributed by atoms with Crippen LogP contribution in [0.1, 0.15) is 24.0 Å². The summed E-state index contributed by atoms with van der Waals surface area (Å²) in [5.74, 6) is 0. The summed E-state index contributed by atoms with van der Waals surface area (Å²) < 4.78 is 55.4. The first-order valence-corrected chi connectivity index (χ1v) is 12.8. The number of rotatable bonds is 10. The van der Waals surface area contributed by atoms with Gasteiger partial charge in [0.1, 0.15) is 0 Å². The standard InChI is InChI=1S/C19H22N4O8S2/c1-13-16(22(24)25)5-3-7-18(13)32(28,29)20-11-12-21(15-9-10-15)33(30,31)19-8-4-6-17(14(19)2)23(26)27/h3-8,15,20H,9-12H2,1-2H3. The van der Waals surface area contributed by atoms with E-state index < -0.39 is 29.9 Å². The molecule has 0 radical (unpaired) electrons. The van der Waals surface area contributed by atoms with Crippen molar-refractivity contribution in [2.24, 2.45) is 0 Å². The topological polar surface area (TPSA) is 170 Å². The molecule has 0 amide bonds. The Morgan fingerprint density at radius 2 is 1.39 bits per heavy atom. The monoisotopic (exact) mass is 498 g/mol. The molecule has 1 fully saturated rings. The zero-order chi connectivity index (χ0) is 24.6. The van der Waals surface area contributed by atoms with E-state index in [-0.39, 0.29) is 51.4 Å². The number of nitro benzene ring substituents is 2. The first-order chi connectivity index (χ1) is 15.4. The Labute approximate surface area is 190 Å². The molecule has 2 aromatic rings. The number of benzene rings is 2. The molecule has 33 heavy (non-hydrogen) atoms. The first kappa shape index (κ1) is 24.7. The van der Waals surface area contributed by atoms with Crippen LogP contribution in [0.25, 0.3) is 0 Å². The number of hydrogen-bond donors (Lipinski definition) is 1. The van der Waals surface area contributed by atoms with Crippen molar-refractivity contribution < 1.29 is 26.7 Å². The smallest absolute Gasteiger partial charge is 0.258 e. The van der Waals surface area contributed by atoms with Crippen molar-refractivity contribution in [2.75, 3.05) is 13.1 Å². The third-order valence-electron chi connectivity index (χ3n) is 5.36. The van der Waals surface area contributed by atoms with Gasteiger partial charge in [0.2, 0.25) is 20.0 Å². The SMILES string of the molecule is Cc1c([N+](=O)[O-])cccc1S(=O)(=O)NCCN(C1CC1)S(=O)(=O)c1cccc([N+](=O)[O-])c1C. The molecule has 1 aliphatic rings. The van der Waals surface area contributed by atoms with Gasteiger partial charge in [-0.05, 0) is 38.8 Å². The highest BCUT2D eigenvalue weighted by Gasteiger charge is 2.39. The molecule has 1 aliphatic carbocycles. The Hall–Kier alpha value is -2.94. The third kappa shape index (κ3) is 5.03. The summed E-state index contributed by atoms with van der Waals surface area (Å²) in [4.78, 5) is 20.5. The highest BCUT2D eigenvalue weighted by atomic mass is 32.2. The summed E-state index contributed by atoms with van der Waals surface area (Å²) in [5, 5.41) is 22.3. The average molecular weight is 499 g/mol. The molecule has 2 aromatic carbocycles. The van der Waals surface area contributed by atoms with Crippen LogP contribution >= 0.6 is 0 Å². The summed E-state index contributed by atoms with van der Waals surface area (Å²) in [6, 6.07) is 7.12. The van der Waals surface area contributed by atoms with E-state index in [1.165, 1.54) is 50.2 Å². The molecule has 0 heterocycles. The van der Waals surface area contributed by atoms with Gasteiger partial charge in [0.05, 0.1) is 19.6 Å². The molecule has 1 saturated carbocycles. The number of nitro groups is 2. The van der Waals surface area contributed by atoms with Gasteiger partial charge in [-0.15, -0.1) is 0 Å². The van der Waals surface area contributed by atoms with Crippen LogP contribution in [0.3, 0.4) is 0 Å². The van der Waals surface area contributed by atoms with Gasteiger partial charge in [0.15, 0.2) is 0 Å². The Balaban J connectivity index is 1.83. The van der Waals surface area contributed by atoms with Gasteiger partial charge in [0, 0.05) is 42.4 Å². The van der Waals surface area contributed by atoms with Crippen LogP contribution in [0.4, 0.5) is 11.4 Å². The van der Waals surface area contributed by atoms with Gasteiger partial charge < -0.3 is 0 Å². The van der Waals surface area contributed by atoms with E-state index in [4.69, 9.17) is 0 Å². The quantitative estimate of drug-likeness (QED) is 0.384. The van der Waals surface area contributed by atoms with Gasteiger partial charge >= 0.3 is 0 Å². The van der Waals surface area contributed by atoms with Gasteiger partial charge in [-0.2, -0.15) is 4.31 Å². The van der Waals surface area contributed by atoms with E-state index in [9.17, 15) is 37.1 Å². The van der Waals surface area contributed by atoms with Crippen molar-refractivity contribution in [1.82, 2.24) is 9.03 Å². The molecule has 0 spiro atoms. The van der Waals surface area contributed by atoms with Crippen LogP contribution in [-0.2, 0) is 20.0 Å². The van der Waals surface area contributed by atoms with Crippen LogP contribution in [0.2, 0.25) is 0 Å². The van der Waals surface area contributed by atoms with E-state index in [1.807, 2.05) is 0 Å². The normalized spacial score (nSPS) is 14.4. The summed E-state index contributed by atoms with van der Waals surface area (Å²) in [7, 11) is -8.28. The van der Waals surface area contributed by atoms with Crippen LogP contribution < -0.4 is 4.72 Å². The molecule has 14 heteroatoms. The van der Waals surface area contributed by atoms with Gasteiger partial charge in [-0.1, -0.05) is 12.1 Å². The fourth-order valence-electron chi connectivity index (χ4n) is 3.53. The lowest BCUT2D eigenvalue weighted by atomic mass is 10.2. The highest BCUT2D eigenvalue weighted by molar-refractivity contribution is 7.89. The number of sulfonamides is 2. The highest BCUT2D eigenvalue weighted by Crippen LogP contribution is 2.34. The Bertz CT molecular complexity index is 1320. The van der Waals surface area contributed by atoms with Crippen LogP contribution in [0.5, 0.6) is 0 Å². The van der Waals surface area contributed by atoms with Crippen molar-refractivity contribution in [3.05, 3.63) is 67.8 Å². The molecule has 1 N–H and O–H groups in total. The van der Waals surface area contributed by atoms with Crippen molar-refractivity contribution in [1.29, 1.82) is 0 Å². The first-order valence-electron chi connectivity index (χ1n) is 9.87. The van der Waals surface area contributed by atoms with E-state index in [0.29, 0.717) is 12.8 Å². The minimum Gasteiger partial charge on any atom is -0.258 e. The fraction of sp³-hybridized carbons (Fsp3) is 0.368. The van der Waals surface area contributed by atoms with Crippen molar-refractivity contribution in [2.45, 2.75) is 42.5 Å². The summed E-state index contributed by atoms with van der Waals surface area (Å²) in [5.41, 5.74) is -0.704. The molecule has 0 atom stereocenters. The van der Waals surface area contributed by atoms with Crippen LogP contribution in [0, 0.1) is 34.1 Å². The van der Waals surface area contributed by atoms with E-state index in [0.717, 1.165) is 4.31 Å². The zero-order valence-corrected chi connectivity index (χ0v) is 19.4. The lowest BCUT2D eigenvalue weighted by Crippen LogP contribution is -2.40. The second kappa shape index (κ2) is 9.13. The van der Waals surface area contributed by atoms with Gasteiger partial charge in [0.25, 0.3) is 11.4 Å². The number of hydrogen-bond acceptors (Lipinski definition) is 8. The second-order valence-corrected chi connectivity index (χ2v) is 11.2. The van der Waals surface area contributed by atoms with Crippen LogP contribution in [0.15, 0.2) is 46.2 Å².